The number of hydrogen-bond donors (Lipinski definition) is 1. The number of nitrogens with two attached hydrogens (primary N) is 1. The Morgan fingerprint density at radius 3 is 2.45 bits per heavy atom. The molecule has 0 spiro atoms. The molecule has 0 amide bonds. The second kappa shape index (κ2) is 10.4. The lowest BCUT2D eigenvalue weighted by atomic mass is 10.1. The lowest BCUT2D eigenvalue weighted by molar-refractivity contribution is 0.414. The molecule has 7 heteroatoms. The van der Waals surface area contributed by atoms with Crippen LogP contribution in [0, 0.1) is 0 Å². The number of rotatable bonds is 6. The zero-order chi connectivity index (χ0) is 20.1. The molecule has 152 valence electrons. The van der Waals surface area contributed by atoms with Gasteiger partial charge in [0.1, 0.15) is 10.8 Å². The van der Waals surface area contributed by atoms with Crippen molar-refractivity contribution in [1.82, 2.24) is 4.57 Å². The number of nitrogens with zero attached hydrogens (tertiary/aromatic N) is 1. The molecule has 0 radical (unpaired) electrons. The van der Waals surface area contributed by atoms with E-state index in [-0.39, 0.29) is 23.0 Å². The SMILES string of the molecule is COc1cccc(/C=C/c2c(Cl)cc(Cl)c(=O)n2CCc2ccc(N)cc2)c1.Cl. The average Bonchev–Trinajstić information content (AvgIpc) is 2.70. The molecule has 4 nitrogen and oxygen atoms in total. The van der Waals surface area contributed by atoms with Gasteiger partial charge in [0.25, 0.3) is 5.56 Å². The maximum absolute atomic E-state index is 12.6. The molecule has 29 heavy (non-hydrogen) atoms. The summed E-state index contributed by atoms with van der Waals surface area (Å²) < 4.78 is 6.84. The first-order chi connectivity index (χ1) is 13.5. The number of halogens is 3. The van der Waals surface area contributed by atoms with Gasteiger partial charge in [-0.15, -0.1) is 12.4 Å². The Labute approximate surface area is 185 Å². The third kappa shape index (κ3) is 5.80. The Morgan fingerprint density at radius 1 is 1.03 bits per heavy atom. The second-order valence-corrected chi connectivity index (χ2v) is 7.10. The van der Waals surface area contributed by atoms with Crippen molar-refractivity contribution in [2.24, 2.45) is 0 Å². The van der Waals surface area contributed by atoms with Crippen molar-refractivity contribution in [3.63, 3.8) is 0 Å². The van der Waals surface area contributed by atoms with Gasteiger partial charge in [0, 0.05) is 12.2 Å². The summed E-state index contributed by atoms with van der Waals surface area (Å²) in [7, 11) is 1.62. The van der Waals surface area contributed by atoms with E-state index in [2.05, 4.69) is 0 Å². The van der Waals surface area contributed by atoms with Crippen molar-refractivity contribution in [2.45, 2.75) is 13.0 Å². The molecule has 1 heterocycles. The highest BCUT2D eigenvalue weighted by Crippen LogP contribution is 2.22. The standard InChI is InChI=1S/C22H20Cl2N2O2.ClH/c1-28-18-4-2-3-16(13-18)7-10-21-19(23)14-20(24)22(27)26(21)12-11-15-5-8-17(25)9-6-15;/h2-10,13-14H,11-12,25H2,1H3;1H/b10-7+;. The second-order valence-electron chi connectivity index (χ2n) is 6.28. The molecule has 1 aromatic heterocycles. The van der Waals surface area contributed by atoms with Crippen LogP contribution in [0.5, 0.6) is 5.75 Å². The molecule has 2 aromatic carbocycles. The first-order valence-electron chi connectivity index (χ1n) is 8.73. The lowest BCUT2D eigenvalue weighted by Crippen LogP contribution is -2.24. The maximum atomic E-state index is 12.6. The van der Waals surface area contributed by atoms with Crippen LogP contribution in [-0.4, -0.2) is 11.7 Å². The highest BCUT2D eigenvalue weighted by atomic mass is 35.5. The Kier molecular flexibility index (Phi) is 8.21. The highest BCUT2D eigenvalue weighted by molar-refractivity contribution is 6.35. The van der Waals surface area contributed by atoms with E-state index in [9.17, 15) is 4.79 Å². The van der Waals surface area contributed by atoms with Crippen molar-refractivity contribution < 1.29 is 4.74 Å². The molecule has 3 aromatic rings. The molecule has 0 saturated carbocycles. The number of aryl methyl sites for hydroxylation is 1. The van der Waals surface area contributed by atoms with Gasteiger partial charge in [-0.25, -0.2) is 0 Å². The molecular formula is C22H21Cl3N2O2. The first-order valence-corrected chi connectivity index (χ1v) is 9.49. The summed E-state index contributed by atoms with van der Waals surface area (Å²) in [5.41, 5.74) is 8.77. The number of benzene rings is 2. The van der Waals surface area contributed by atoms with Crippen LogP contribution in [0.4, 0.5) is 5.69 Å². The summed E-state index contributed by atoms with van der Waals surface area (Å²) >= 11 is 12.5. The number of methoxy groups -OCH3 is 1. The number of nitrogen functional groups attached to an aromatic ring is 1. The molecule has 2 N–H and O–H groups in total. The predicted octanol–water partition coefficient (Wildman–Crippen LogP) is 5.58. The highest BCUT2D eigenvalue weighted by Gasteiger charge is 2.11. The maximum Gasteiger partial charge on any atom is 0.269 e. The fourth-order valence-corrected chi connectivity index (χ4v) is 3.39. The number of ether oxygens (including phenoxy) is 1. The predicted molar refractivity (Wildman–Crippen MR) is 124 cm³/mol. The molecule has 0 aliphatic heterocycles. The Hall–Kier alpha value is -2.40. The van der Waals surface area contributed by atoms with Gasteiger partial charge in [-0.3, -0.25) is 4.79 Å². The molecule has 0 bridgehead atoms. The van der Waals surface area contributed by atoms with E-state index in [4.69, 9.17) is 33.7 Å². The van der Waals surface area contributed by atoms with Crippen LogP contribution in [0.3, 0.4) is 0 Å². The van der Waals surface area contributed by atoms with Gasteiger partial charge in [0.05, 0.1) is 17.8 Å². The molecule has 0 aliphatic rings. The number of hydrogen-bond acceptors (Lipinski definition) is 3. The summed E-state index contributed by atoms with van der Waals surface area (Å²) in [5, 5.41) is 0.516. The molecule has 0 saturated heterocycles. The van der Waals surface area contributed by atoms with Crippen molar-refractivity contribution in [3.8, 4) is 5.75 Å². The van der Waals surface area contributed by atoms with Gasteiger partial charge >= 0.3 is 0 Å². The molecular weight excluding hydrogens is 431 g/mol. The fourth-order valence-electron chi connectivity index (χ4n) is 2.85. The summed E-state index contributed by atoms with van der Waals surface area (Å²) in [6, 6.07) is 16.7. The van der Waals surface area contributed by atoms with Crippen LogP contribution in [0.25, 0.3) is 12.2 Å². The quantitative estimate of drug-likeness (QED) is 0.498. The monoisotopic (exact) mass is 450 g/mol. The van der Waals surface area contributed by atoms with Crippen LogP contribution in [0.15, 0.2) is 59.4 Å². The number of aromatic nitrogens is 1. The summed E-state index contributed by atoms with van der Waals surface area (Å²) in [5.74, 6) is 0.755. The lowest BCUT2D eigenvalue weighted by Gasteiger charge is -2.13. The van der Waals surface area contributed by atoms with E-state index in [0.29, 0.717) is 29.4 Å². The van der Waals surface area contributed by atoms with E-state index in [1.807, 2.05) is 60.7 Å². The van der Waals surface area contributed by atoms with Crippen molar-refractivity contribution in [3.05, 3.63) is 91.8 Å². The van der Waals surface area contributed by atoms with E-state index >= 15 is 0 Å². The minimum Gasteiger partial charge on any atom is -0.497 e. The first kappa shape index (κ1) is 22.9. The number of pyridine rings is 1. The van der Waals surface area contributed by atoms with Gasteiger partial charge in [-0.1, -0.05) is 53.5 Å². The van der Waals surface area contributed by atoms with Crippen molar-refractivity contribution >= 4 is 53.4 Å². The Bertz CT molecular complexity index is 1060. The number of anilines is 1. The van der Waals surface area contributed by atoms with Crippen LogP contribution >= 0.6 is 35.6 Å². The van der Waals surface area contributed by atoms with Gasteiger partial charge in [-0.05, 0) is 54.0 Å². The molecule has 0 unspecified atom stereocenters. The Balaban J connectivity index is 0.00000300. The zero-order valence-corrected chi connectivity index (χ0v) is 18.1. The van der Waals surface area contributed by atoms with Crippen LogP contribution in [0.2, 0.25) is 10.0 Å². The van der Waals surface area contributed by atoms with Crippen molar-refractivity contribution in [2.75, 3.05) is 12.8 Å². The summed E-state index contributed by atoms with van der Waals surface area (Å²) in [6.45, 7) is 0.445. The third-order valence-corrected chi connectivity index (χ3v) is 4.94. The minimum absolute atomic E-state index is 0. The average molecular weight is 452 g/mol. The van der Waals surface area contributed by atoms with Gasteiger partial charge in [0.2, 0.25) is 0 Å². The molecule has 3 rings (SSSR count). The molecule has 0 atom stereocenters. The van der Waals surface area contributed by atoms with E-state index in [1.54, 1.807) is 11.7 Å². The zero-order valence-electron chi connectivity index (χ0n) is 15.8. The molecule has 0 fully saturated rings. The van der Waals surface area contributed by atoms with Gasteiger partial charge in [-0.2, -0.15) is 0 Å². The smallest absolute Gasteiger partial charge is 0.269 e. The fraction of sp³-hybridized carbons (Fsp3) is 0.136. The normalized spacial score (nSPS) is 10.7. The molecule has 0 aliphatic carbocycles. The van der Waals surface area contributed by atoms with Crippen molar-refractivity contribution in [1.29, 1.82) is 0 Å². The van der Waals surface area contributed by atoms with Gasteiger partial charge in [0.15, 0.2) is 0 Å². The largest absolute Gasteiger partial charge is 0.497 e. The Morgan fingerprint density at radius 2 is 1.76 bits per heavy atom. The third-order valence-electron chi connectivity index (χ3n) is 4.37. The van der Waals surface area contributed by atoms with Crippen LogP contribution in [-0.2, 0) is 13.0 Å². The van der Waals surface area contributed by atoms with Crippen LogP contribution in [0.1, 0.15) is 16.8 Å². The van der Waals surface area contributed by atoms with E-state index in [0.717, 1.165) is 16.9 Å². The minimum atomic E-state index is -0.271. The topological polar surface area (TPSA) is 57.2 Å². The van der Waals surface area contributed by atoms with Gasteiger partial charge < -0.3 is 15.0 Å². The van der Waals surface area contributed by atoms with E-state index < -0.39 is 0 Å². The summed E-state index contributed by atoms with van der Waals surface area (Å²) in [6.07, 6.45) is 4.35. The van der Waals surface area contributed by atoms with Crippen LogP contribution < -0.4 is 16.0 Å². The van der Waals surface area contributed by atoms with E-state index in [1.165, 1.54) is 6.07 Å². The summed E-state index contributed by atoms with van der Waals surface area (Å²) in [4.78, 5) is 12.6.